The van der Waals surface area contributed by atoms with E-state index in [4.69, 9.17) is 9.47 Å². The van der Waals surface area contributed by atoms with Crippen molar-refractivity contribution < 1.29 is 14.3 Å². The minimum absolute atomic E-state index is 0.114. The lowest BCUT2D eigenvalue weighted by molar-refractivity contribution is -0.106. The zero-order valence-electron chi connectivity index (χ0n) is 14.0. The third-order valence-electron chi connectivity index (χ3n) is 3.79. The van der Waals surface area contributed by atoms with Crippen LogP contribution in [-0.2, 0) is 15.0 Å². The van der Waals surface area contributed by atoms with Crippen LogP contribution < -0.4 is 5.32 Å². The third kappa shape index (κ3) is 4.18. The van der Waals surface area contributed by atoms with Gasteiger partial charge in [-0.3, -0.25) is 4.79 Å². The molecule has 0 aliphatic carbocycles. The zero-order valence-corrected chi connectivity index (χ0v) is 14.0. The number of benzene rings is 2. The number of methoxy groups -OCH3 is 2. The minimum Gasteiger partial charge on any atom is -0.352 e. The molecule has 2 rings (SSSR count). The molecule has 0 radical (unpaired) electrons. The average Bonchev–Trinajstić information content (AvgIpc) is 2.57. The minimum atomic E-state index is -0.446. The summed E-state index contributed by atoms with van der Waals surface area (Å²) in [5.74, 6) is -0.114. The standard InChI is InChI=1S/C19H23NO3/c1-19(2,16-8-6-5-7-9-16)20-17(21)14-10-12-15(13-11-14)18(22-3)23-4/h5-13,18H,1-4H3,(H,20,21). The third-order valence-corrected chi connectivity index (χ3v) is 3.79. The van der Waals surface area contributed by atoms with E-state index in [0.717, 1.165) is 11.1 Å². The second kappa shape index (κ2) is 7.40. The molecule has 0 saturated heterocycles. The quantitative estimate of drug-likeness (QED) is 0.828. The number of hydrogen-bond acceptors (Lipinski definition) is 3. The Morgan fingerprint density at radius 3 is 2.04 bits per heavy atom. The molecule has 0 atom stereocenters. The molecule has 0 aromatic heterocycles. The molecule has 0 bridgehead atoms. The summed E-state index contributed by atoms with van der Waals surface area (Å²) in [4.78, 5) is 12.5. The summed E-state index contributed by atoms with van der Waals surface area (Å²) in [6, 6.07) is 17.1. The van der Waals surface area contributed by atoms with Crippen molar-refractivity contribution in [1.82, 2.24) is 5.32 Å². The fourth-order valence-corrected chi connectivity index (χ4v) is 2.44. The molecular formula is C19H23NO3. The van der Waals surface area contributed by atoms with E-state index in [1.807, 2.05) is 56.3 Å². The first-order valence-corrected chi connectivity index (χ1v) is 7.51. The van der Waals surface area contributed by atoms with Crippen LogP contribution in [0.3, 0.4) is 0 Å². The maximum absolute atomic E-state index is 12.5. The Hall–Kier alpha value is -2.17. The van der Waals surface area contributed by atoms with Gasteiger partial charge < -0.3 is 14.8 Å². The highest BCUT2D eigenvalue weighted by Crippen LogP contribution is 2.21. The highest BCUT2D eigenvalue weighted by atomic mass is 16.7. The lowest BCUT2D eigenvalue weighted by Crippen LogP contribution is -2.40. The van der Waals surface area contributed by atoms with E-state index >= 15 is 0 Å². The Balaban J connectivity index is 2.12. The van der Waals surface area contributed by atoms with Crippen LogP contribution in [-0.4, -0.2) is 20.1 Å². The molecular weight excluding hydrogens is 290 g/mol. The summed E-state index contributed by atoms with van der Waals surface area (Å²) in [6.45, 7) is 3.97. The predicted molar refractivity (Wildman–Crippen MR) is 90.1 cm³/mol. The normalized spacial score (nSPS) is 11.5. The average molecular weight is 313 g/mol. The Bertz CT molecular complexity index is 631. The van der Waals surface area contributed by atoms with Gasteiger partial charge in [0.15, 0.2) is 6.29 Å². The largest absolute Gasteiger partial charge is 0.352 e. The summed E-state index contributed by atoms with van der Waals surface area (Å²) in [7, 11) is 3.16. The summed E-state index contributed by atoms with van der Waals surface area (Å²) in [6.07, 6.45) is -0.423. The topological polar surface area (TPSA) is 47.6 Å². The number of carbonyl (C=O) groups excluding carboxylic acids is 1. The molecule has 2 aromatic rings. The number of rotatable bonds is 6. The van der Waals surface area contributed by atoms with E-state index < -0.39 is 11.8 Å². The molecule has 1 N–H and O–H groups in total. The highest BCUT2D eigenvalue weighted by molar-refractivity contribution is 5.94. The van der Waals surface area contributed by atoms with Gasteiger partial charge in [-0.2, -0.15) is 0 Å². The van der Waals surface area contributed by atoms with Crippen LogP contribution in [0.5, 0.6) is 0 Å². The van der Waals surface area contributed by atoms with Gasteiger partial charge in [-0.25, -0.2) is 0 Å². The maximum Gasteiger partial charge on any atom is 0.251 e. The van der Waals surface area contributed by atoms with Crippen molar-refractivity contribution in [1.29, 1.82) is 0 Å². The molecule has 0 unspecified atom stereocenters. The summed E-state index contributed by atoms with van der Waals surface area (Å²) < 4.78 is 10.4. The van der Waals surface area contributed by atoms with Gasteiger partial charge >= 0.3 is 0 Å². The molecule has 0 saturated carbocycles. The Labute approximate surface area is 137 Å². The van der Waals surface area contributed by atoms with Gasteiger partial charge in [-0.15, -0.1) is 0 Å². The van der Waals surface area contributed by atoms with Crippen LogP contribution >= 0.6 is 0 Å². The highest BCUT2D eigenvalue weighted by Gasteiger charge is 2.23. The van der Waals surface area contributed by atoms with Crippen molar-refractivity contribution in [3.8, 4) is 0 Å². The fraction of sp³-hybridized carbons (Fsp3) is 0.316. The van der Waals surface area contributed by atoms with E-state index in [1.54, 1.807) is 26.4 Å². The smallest absolute Gasteiger partial charge is 0.251 e. The van der Waals surface area contributed by atoms with Crippen molar-refractivity contribution >= 4 is 5.91 Å². The first kappa shape index (κ1) is 17.2. The molecule has 4 heteroatoms. The predicted octanol–water partition coefficient (Wildman–Crippen LogP) is 3.64. The summed E-state index contributed by atoms with van der Waals surface area (Å²) in [5, 5.41) is 3.06. The molecule has 0 aliphatic rings. The van der Waals surface area contributed by atoms with Crippen LogP contribution in [0.4, 0.5) is 0 Å². The number of carbonyl (C=O) groups is 1. The SMILES string of the molecule is COC(OC)c1ccc(C(=O)NC(C)(C)c2ccccc2)cc1. The Kier molecular flexibility index (Phi) is 5.53. The zero-order chi connectivity index (χ0) is 16.9. The maximum atomic E-state index is 12.5. The van der Waals surface area contributed by atoms with Crippen LogP contribution in [0.1, 0.15) is 41.6 Å². The molecule has 122 valence electrons. The van der Waals surface area contributed by atoms with Gasteiger partial charge in [0.05, 0.1) is 5.54 Å². The van der Waals surface area contributed by atoms with Gasteiger partial charge in [0, 0.05) is 25.3 Å². The van der Waals surface area contributed by atoms with Gasteiger partial charge in [-0.05, 0) is 31.5 Å². The van der Waals surface area contributed by atoms with Crippen LogP contribution in [0, 0.1) is 0 Å². The number of amides is 1. The molecule has 0 fully saturated rings. The van der Waals surface area contributed by atoms with Gasteiger partial charge in [0.25, 0.3) is 5.91 Å². The first-order chi connectivity index (χ1) is 11.0. The number of nitrogens with one attached hydrogen (secondary N) is 1. The Morgan fingerprint density at radius 2 is 1.52 bits per heavy atom. The second-order valence-electron chi connectivity index (χ2n) is 5.87. The van der Waals surface area contributed by atoms with Crippen LogP contribution in [0.25, 0.3) is 0 Å². The van der Waals surface area contributed by atoms with E-state index in [0.29, 0.717) is 5.56 Å². The second-order valence-corrected chi connectivity index (χ2v) is 5.87. The molecule has 4 nitrogen and oxygen atoms in total. The molecule has 0 aliphatic heterocycles. The van der Waals surface area contributed by atoms with Gasteiger partial charge in [0.1, 0.15) is 0 Å². The Morgan fingerprint density at radius 1 is 0.957 bits per heavy atom. The van der Waals surface area contributed by atoms with Gasteiger partial charge in [-0.1, -0.05) is 42.5 Å². The number of hydrogen-bond donors (Lipinski definition) is 1. The van der Waals surface area contributed by atoms with Crippen molar-refractivity contribution in [2.75, 3.05) is 14.2 Å². The van der Waals surface area contributed by atoms with Crippen LogP contribution in [0.2, 0.25) is 0 Å². The summed E-state index contributed by atoms with van der Waals surface area (Å²) in [5.41, 5.74) is 2.08. The lowest BCUT2D eigenvalue weighted by Gasteiger charge is -2.27. The van der Waals surface area contributed by atoms with E-state index in [9.17, 15) is 4.79 Å². The van der Waals surface area contributed by atoms with Crippen molar-refractivity contribution in [3.05, 3.63) is 71.3 Å². The molecule has 0 heterocycles. The van der Waals surface area contributed by atoms with E-state index in [1.165, 1.54) is 0 Å². The summed E-state index contributed by atoms with van der Waals surface area (Å²) >= 11 is 0. The first-order valence-electron chi connectivity index (χ1n) is 7.51. The monoisotopic (exact) mass is 313 g/mol. The molecule has 23 heavy (non-hydrogen) atoms. The lowest BCUT2D eigenvalue weighted by atomic mass is 9.94. The molecule has 1 amide bonds. The van der Waals surface area contributed by atoms with Crippen molar-refractivity contribution in [3.63, 3.8) is 0 Å². The van der Waals surface area contributed by atoms with Crippen molar-refractivity contribution in [2.24, 2.45) is 0 Å². The van der Waals surface area contributed by atoms with Crippen molar-refractivity contribution in [2.45, 2.75) is 25.7 Å². The van der Waals surface area contributed by atoms with E-state index in [2.05, 4.69) is 5.32 Å². The van der Waals surface area contributed by atoms with Gasteiger partial charge in [0.2, 0.25) is 0 Å². The fourth-order valence-electron chi connectivity index (χ4n) is 2.44. The molecule has 0 spiro atoms. The number of ether oxygens (including phenoxy) is 2. The molecule has 2 aromatic carbocycles. The van der Waals surface area contributed by atoms with E-state index in [-0.39, 0.29) is 5.91 Å². The van der Waals surface area contributed by atoms with Crippen LogP contribution in [0.15, 0.2) is 54.6 Å².